The molecule has 4 aliphatic rings. The maximum Gasteiger partial charge on any atom is 0.178 e. The summed E-state index contributed by atoms with van der Waals surface area (Å²) in [7, 11) is 0. The van der Waals surface area contributed by atoms with E-state index in [2.05, 4.69) is 6.92 Å². The molecule has 4 rings (SSSR count). The van der Waals surface area contributed by atoms with E-state index in [0.717, 1.165) is 5.57 Å². The average Bonchev–Trinajstić information content (AvgIpc) is 2.84. The van der Waals surface area contributed by atoms with Gasteiger partial charge in [-0.05, 0) is 68.6 Å². The Morgan fingerprint density at radius 1 is 1.15 bits per heavy atom. The Bertz CT molecular complexity index is 733. The number of hydrogen-bond donors (Lipinski definition) is 2. The van der Waals surface area contributed by atoms with Gasteiger partial charge in [0, 0.05) is 11.3 Å². The lowest BCUT2D eigenvalue weighted by molar-refractivity contribution is -0.189. The number of hydrogen-bond acceptors (Lipinski definition) is 5. The molecule has 0 amide bonds. The number of ketones is 1. The van der Waals surface area contributed by atoms with Crippen LogP contribution in [-0.4, -0.2) is 50.5 Å². The summed E-state index contributed by atoms with van der Waals surface area (Å²) in [4.78, 5) is 11.9. The first-order valence-electron chi connectivity index (χ1n) is 9.70. The van der Waals surface area contributed by atoms with Crippen LogP contribution >= 0.6 is 23.5 Å². The van der Waals surface area contributed by atoms with E-state index in [1.807, 2.05) is 19.4 Å². The molecule has 0 bridgehead atoms. The number of aliphatic hydroxyl groups is 2. The summed E-state index contributed by atoms with van der Waals surface area (Å²) in [6.45, 7) is 3.97. The fourth-order valence-electron chi connectivity index (χ4n) is 6.99. The van der Waals surface area contributed by atoms with Crippen molar-refractivity contribution < 1.29 is 19.4 Å². The fraction of sp³-hybridized carbons (Fsp3) is 0.762. The molecule has 150 valence electrons. The molecule has 6 heteroatoms. The highest BCUT2D eigenvalue weighted by Crippen LogP contribution is 2.73. The standard InChI is InChI=1S/C21H29FO3S2/c1-18-8-7-13(23)9-12(18)5-6-14-15-10-16(24)21(26-3,27-4)19(15,2)11-17(25)20(14,18)22/h7-9,14-17,24-25H,5-6,10-11H2,1-4H3/t14-,15-,16+,17-,18-,19-,20-/m0/s1. The topological polar surface area (TPSA) is 57.5 Å². The molecule has 27 heavy (non-hydrogen) atoms. The Kier molecular flexibility index (Phi) is 4.52. The third-order valence-electron chi connectivity index (χ3n) is 8.35. The summed E-state index contributed by atoms with van der Waals surface area (Å²) in [5.74, 6) is -0.424. The highest BCUT2D eigenvalue weighted by molar-refractivity contribution is 8.17. The van der Waals surface area contributed by atoms with Crippen molar-refractivity contribution in [3.8, 4) is 0 Å². The van der Waals surface area contributed by atoms with E-state index in [1.54, 1.807) is 35.7 Å². The molecule has 2 N–H and O–H groups in total. The molecule has 0 aromatic rings. The number of fused-ring (bicyclic) bond motifs is 5. The number of allylic oxidation sites excluding steroid dienone is 4. The lowest BCUT2D eigenvalue weighted by atomic mass is 9.46. The summed E-state index contributed by atoms with van der Waals surface area (Å²) < 4.78 is 16.5. The molecule has 0 spiro atoms. The second-order valence-corrected chi connectivity index (χ2v) is 11.5. The van der Waals surface area contributed by atoms with E-state index in [4.69, 9.17) is 0 Å². The van der Waals surface area contributed by atoms with E-state index in [0.29, 0.717) is 25.7 Å². The van der Waals surface area contributed by atoms with Crippen molar-refractivity contribution in [3.05, 3.63) is 23.8 Å². The van der Waals surface area contributed by atoms with Gasteiger partial charge in [0.05, 0.1) is 16.3 Å². The molecule has 0 saturated heterocycles. The van der Waals surface area contributed by atoms with Gasteiger partial charge in [0.1, 0.15) is 0 Å². The summed E-state index contributed by atoms with van der Waals surface area (Å²) in [5, 5.41) is 22.2. The molecule has 0 aromatic heterocycles. The van der Waals surface area contributed by atoms with Crippen molar-refractivity contribution in [1.29, 1.82) is 0 Å². The molecule has 0 radical (unpaired) electrons. The monoisotopic (exact) mass is 412 g/mol. The Balaban J connectivity index is 1.84. The molecular weight excluding hydrogens is 383 g/mol. The molecule has 0 unspecified atom stereocenters. The molecule has 3 fully saturated rings. The molecule has 3 nitrogen and oxygen atoms in total. The van der Waals surface area contributed by atoms with Crippen LogP contribution in [-0.2, 0) is 4.79 Å². The van der Waals surface area contributed by atoms with Crippen LogP contribution in [0.4, 0.5) is 4.39 Å². The van der Waals surface area contributed by atoms with Crippen LogP contribution in [0.25, 0.3) is 0 Å². The van der Waals surface area contributed by atoms with E-state index in [9.17, 15) is 15.0 Å². The Labute approximate surface area is 169 Å². The normalized spacial score (nSPS) is 50.6. The predicted molar refractivity (Wildman–Crippen MR) is 110 cm³/mol. The Hall–Kier alpha value is -0.300. The third-order valence-corrected chi connectivity index (χ3v) is 12.0. The zero-order valence-corrected chi connectivity index (χ0v) is 18.0. The minimum Gasteiger partial charge on any atom is -0.391 e. The van der Waals surface area contributed by atoms with E-state index in [-0.39, 0.29) is 23.0 Å². The van der Waals surface area contributed by atoms with Gasteiger partial charge in [0.15, 0.2) is 11.5 Å². The lowest BCUT2D eigenvalue weighted by Gasteiger charge is -2.63. The zero-order valence-electron chi connectivity index (χ0n) is 16.4. The van der Waals surface area contributed by atoms with Crippen molar-refractivity contribution in [2.75, 3.05) is 12.5 Å². The molecule has 4 aliphatic carbocycles. The van der Waals surface area contributed by atoms with Crippen molar-refractivity contribution in [2.24, 2.45) is 22.7 Å². The van der Waals surface area contributed by atoms with Gasteiger partial charge in [-0.3, -0.25) is 4.79 Å². The third kappa shape index (κ3) is 2.16. The SMILES string of the molecule is CSC1(SC)[C@H](O)C[C@H]2[C@@H]3CCC4=CC(=O)C=C[C@]4(C)[C@@]3(F)[C@@H](O)C[C@@]21C. The van der Waals surface area contributed by atoms with Crippen molar-refractivity contribution in [1.82, 2.24) is 0 Å². The Morgan fingerprint density at radius 3 is 2.44 bits per heavy atom. The van der Waals surface area contributed by atoms with Crippen LogP contribution in [0.15, 0.2) is 23.8 Å². The minimum atomic E-state index is -1.81. The second kappa shape index (κ2) is 6.10. The van der Waals surface area contributed by atoms with Crippen LogP contribution in [0.2, 0.25) is 0 Å². The van der Waals surface area contributed by atoms with Crippen molar-refractivity contribution in [3.63, 3.8) is 0 Å². The number of carbonyl (C=O) groups excluding carboxylic acids is 1. The van der Waals surface area contributed by atoms with E-state index in [1.165, 1.54) is 6.08 Å². The van der Waals surface area contributed by atoms with E-state index >= 15 is 4.39 Å². The van der Waals surface area contributed by atoms with Gasteiger partial charge in [-0.15, -0.1) is 23.5 Å². The molecule has 3 saturated carbocycles. The van der Waals surface area contributed by atoms with Gasteiger partial charge in [0.25, 0.3) is 0 Å². The lowest BCUT2D eigenvalue weighted by Crippen LogP contribution is -2.67. The number of alkyl halides is 1. The van der Waals surface area contributed by atoms with Gasteiger partial charge in [-0.25, -0.2) is 4.39 Å². The molecular formula is C21H29FO3S2. The summed E-state index contributed by atoms with van der Waals surface area (Å²) >= 11 is 3.29. The highest BCUT2D eigenvalue weighted by atomic mass is 32.2. The van der Waals surface area contributed by atoms with Crippen LogP contribution in [0, 0.1) is 22.7 Å². The largest absolute Gasteiger partial charge is 0.391 e. The van der Waals surface area contributed by atoms with Gasteiger partial charge >= 0.3 is 0 Å². The first kappa shape index (κ1) is 20.0. The quantitative estimate of drug-likeness (QED) is 0.677. The summed E-state index contributed by atoms with van der Waals surface area (Å²) in [6.07, 6.45) is 9.24. The number of aliphatic hydroxyl groups excluding tert-OH is 2. The maximum absolute atomic E-state index is 16.9. The summed E-state index contributed by atoms with van der Waals surface area (Å²) in [6, 6.07) is 0. The predicted octanol–water partition coefficient (Wildman–Crippen LogP) is 3.75. The average molecular weight is 413 g/mol. The number of carbonyl (C=O) groups is 1. The second-order valence-electron chi connectivity index (χ2n) is 9.09. The van der Waals surface area contributed by atoms with Crippen molar-refractivity contribution in [2.45, 2.75) is 61.5 Å². The summed E-state index contributed by atoms with van der Waals surface area (Å²) in [5.41, 5.74) is -2.32. The fourth-order valence-corrected chi connectivity index (χ4v) is 9.80. The maximum atomic E-state index is 16.9. The van der Waals surface area contributed by atoms with Crippen LogP contribution < -0.4 is 0 Å². The van der Waals surface area contributed by atoms with Gasteiger partial charge in [0.2, 0.25) is 0 Å². The highest BCUT2D eigenvalue weighted by Gasteiger charge is 2.74. The van der Waals surface area contributed by atoms with Gasteiger partial charge in [-0.2, -0.15) is 0 Å². The van der Waals surface area contributed by atoms with Crippen LogP contribution in [0.5, 0.6) is 0 Å². The van der Waals surface area contributed by atoms with Crippen LogP contribution in [0.1, 0.15) is 39.5 Å². The zero-order chi connectivity index (χ0) is 19.8. The first-order chi connectivity index (χ1) is 12.6. The van der Waals surface area contributed by atoms with E-state index < -0.39 is 27.4 Å². The van der Waals surface area contributed by atoms with Gasteiger partial charge < -0.3 is 10.2 Å². The first-order valence-corrected chi connectivity index (χ1v) is 12.1. The minimum absolute atomic E-state index is 0.00482. The smallest absolute Gasteiger partial charge is 0.178 e. The van der Waals surface area contributed by atoms with Crippen LogP contribution in [0.3, 0.4) is 0 Å². The number of rotatable bonds is 2. The van der Waals surface area contributed by atoms with Crippen molar-refractivity contribution >= 4 is 29.3 Å². The molecule has 0 heterocycles. The molecule has 0 aliphatic heterocycles. The number of halogens is 1. The van der Waals surface area contributed by atoms with Gasteiger partial charge in [-0.1, -0.05) is 18.6 Å². The Morgan fingerprint density at radius 2 is 1.81 bits per heavy atom. The molecule has 7 atom stereocenters. The number of thioether (sulfide) groups is 2. The molecule has 0 aromatic carbocycles.